The Morgan fingerprint density at radius 3 is 2.52 bits per heavy atom. The molecule has 31 heavy (non-hydrogen) atoms. The van der Waals surface area contributed by atoms with Gasteiger partial charge in [0, 0.05) is 0 Å². The summed E-state index contributed by atoms with van der Waals surface area (Å²) in [5.74, 6) is 0.198. The first-order chi connectivity index (χ1) is 15.0. The number of carbonyl (C=O) groups excluding carboxylic acids is 2. The van der Waals surface area contributed by atoms with Crippen LogP contribution in [0.2, 0.25) is 0 Å². The van der Waals surface area contributed by atoms with Gasteiger partial charge in [-0.15, -0.1) is 0 Å². The lowest BCUT2D eigenvalue weighted by Gasteiger charge is -2.33. The van der Waals surface area contributed by atoms with Gasteiger partial charge in [0.2, 0.25) is 5.91 Å². The lowest BCUT2D eigenvalue weighted by molar-refractivity contribution is -0.141. The summed E-state index contributed by atoms with van der Waals surface area (Å²) in [6, 6.07) is 16.4. The van der Waals surface area contributed by atoms with Crippen molar-refractivity contribution in [2.75, 3.05) is 6.61 Å². The molecule has 0 bridgehead atoms. The number of hydrogen-bond acceptors (Lipinski definition) is 6. The molecule has 7 heteroatoms. The first kappa shape index (κ1) is 21.2. The second-order valence-electron chi connectivity index (χ2n) is 7.33. The molecule has 2 heterocycles. The maximum atomic E-state index is 13.2. The van der Waals surface area contributed by atoms with Crippen LogP contribution in [-0.4, -0.2) is 33.8 Å². The van der Waals surface area contributed by atoms with Gasteiger partial charge < -0.3 is 9.47 Å². The van der Waals surface area contributed by atoms with E-state index in [0.717, 1.165) is 16.9 Å². The SMILES string of the molecule is CCOc1ccc(C2C(C(=O)OCc3ccccc3)=C(C)N=C3SC(C)C(=O)N32)cc1. The highest BCUT2D eigenvalue weighted by Gasteiger charge is 2.46. The molecule has 2 atom stereocenters. The Balaban J connectivity index is 1.69. The Morgan fingerprint density at radius 2 is 1.84 bits per heavy atom. The molecule has 0 radical (unpaired) electrons. The number of rotatable bonds is 6. The number of hydrogen-bond donors (Lipinski definition) is 0. The fourth-order valence-electron chi connectivity index (χ4n) is 3.69. The fourth-order valence-corrected chi connectivity index (χ4v) is 4.72. The molecule has 2 unspecified atom stereocenters. The summed E-state index contributed by atoms with van der Waals surface area (Å²) in [5, 5.41) is 0.366. The smallest absolute Gasteiger partial charge is 0.338 e. The van der Waals surface area contributed by atoms with Gasteiger partial charge in [-0.25, -0.2) is 9.79 Å². The first-order valence-corrected chi connectivity index (χ1v) is 11.1. The first-order valence-electron chi connectivity index (χ1n) is 10.2. The minimum absolute atomic E-state index is 0.0662. The van der Waals surface area contributed by atoms with E-state index in [9.17, 15) is 9.59 Å². The molecule has 0 aromatic heterocycles. The highest BCUT2D eigenvalue weighted by molar-refractivity contribution is 8.15. The molecule has 0 N–H and O–H groups in total. The van der Waals surface area contributed by atoms with Crippen molar-refractivity contribution in [2.24, 2.45) is 4.99 Å². The number of thioether (sulfide) groups is 1. The molecule has 1 fully saturated rings. The Labute approximate surface area is 185 Å². The third-order valence-corrected chi connectivity index (χ3v) is 6.25. The van der Waals surface area contributed by atoms with Crippen LogP contribution in [-0.2, 0) is 20.9 Å². The predicted molar refractivity (Wildman–Crippen MR) is 121 cm³/mol. The third kappa shape index (κ3) is 4.23. The Hall–Kier alpha value is -3.06. The molecule has 0 aliphatic carbocycles. The van der Waals surface area contributed by atoms with Crippen LogP contribution in [0.4, 0.5) is 0 Å². The zero-order valence-electron chi connectivity index (χ0n) is 17.7. The molecule has 2 aliphatic heterocycles. The molecule has 1 saturated heterocycles. The standard InChI is InChI=1S/C24H24N2O4S/c1-4-29-19-12-10-18(11-13-19)21-20(23(28)30-14-17-8-6-5-7-9-17)15(2)25-24-26(21)22(27)16(3)31-24/h5-13,16,21H,4,14H2,1-3H3. The lowest BCUT2D eigenvalue weighted by Crippen LogP contribution is -2.40. The molecule has 6 nitrogen and oxygen atoms in total. The molecule has 1 amide bonds. The summed E-state index contributed by atoms with van der Waals surface area (Å²) < 4.78 is 11.2. The topological polar surface area (TPSA) is 68.2 Å². The Bertz CT molecular complexity index is 1050. The van der Waals surface area contributed by atoms with E-state index in [1.54, 1.807) is 11.8 Å². The minimum atomic E-state index is -0.587. The number of aliphatic imine (C=N–C) groups is 1. The van der Waals surface area contributed by atoms with Crippen LogP contribution < -0.4 is 4.74 Å². The lowest BCUT2D eigenvalue weighted by atomic mass is 9.94. The molecular formula is C24H24N2O4S. The number of ether oxygens (including phenoxy) is 2. The normalized spacial score (nSPS) is 20.4. The Morgan fingerprint density at radius 1 is 1.13 bits per heavy atom. The van der Waals surface area contributed by atoms with Crippen molar-refractivity contribution in [1.82, 2.24) is 4.90 Å². The van der Waals surface area contributed by atoms with Gasteiger partial charge in [0.1, 0.15) is 12.4 Å². The summed E-state index contributed by atoms with van der Waals surface area (Å²) in [5.41, 5.74) is 2.66. The highest BCUT2D eigenvalue weighted by Crippen LogP contribution is 2.43. The van der Waals surface area contributed by atoms with Gasteiger partial charge in [0.05, 0.1) is 29.2 Å². The number of amides is 1. The van der Waals surface area contributed by atoms with Crippen molar-refractivity contribution in [3.8, 4) is 5.75 Å². The summed E-state index contributed by atoms with van der Waals surface area (Å²) in [6.45, 7) is 6.29. The largest absolute Gasteiger partial charge is 0.494 e. The number of amidine groups is 1. The average Bonchev–Trinajstić information content (AvgIpc) is 3.05. The van der Waals surface area contributed by atoms with Crippen molar-refractivity contribution in [3.63, 3.8) is 0 Å². The molecule has 2 aromatic rings. The van der Waals surface area contributed by atoms with E-state index < -0.39 is 12.0 Å². The van der Waals surface area contributed by atoms with E-state index >= 15 is 0 Å². The number of allylic oxidation sites excluding steroid dienone is 1. The summed E-state index contributed by atoms with van der Waals surface area (Å²) >= 11 is 1.41. The van der Waals surface area contributed by atoms with Crippen molar-refractivity contribution in [3.05, 3.63) is 77.0 Å². The van der Waals surface area contributed by atoms with E-state index in [0.29, 0.717) is 23.0 Å². The van der Waals surface area contributed by atoms with E-state index in [1.807, 2.05) is 68.4 Å². The molecule has 2 aliphatic rings. The maximum Gasteiger partial charge on any atom is 0.338 e. The van der Waals surface area contributed by atoms with Gasteiger partial charge >= 0.3 is 5.97 Å². The number of fused-ring (bicyclic) bond motifs is 1. The average molecular weight is 437 g/mol. The minimum Gasteiger partial charge on any atom is -0.494 e. The van der Waals surface area contributed by atoms with Crippen LogP contribution in [0, 0.1) is 0 Å². The molecule has 4 rings (SSSR count). The van der Waals surface area contributed by atoms with Crippen LogP contribution in [0.3, 0.4) is 0 Å². The van der Waals surface area contributed by atoms with Crippen molar-refractivity contribution in [1.29, 1.82) is 0 Å². The number of esters is 1. The van der Waals surface area contributed by atoms with Crippen molar-refractivity contribution < 1.29 is 19.1 Å². The number of carbonyl (C=O) groups is 2. The number of nitrogens with zero attached hydrogens (tertiary/aromatic N) is 2. The fraction of sp³-hybridized carbons (Fsp3) is 0.292. The highest BCUT2D eigenvalue weighted by atomic mass is 32.2. The van der Waals surface area contributed by atoms with Gasteiger partial charge in [-0.05, 0) is 44.0 Å². The molecule has 0 saturated carbocycles. The summed E-state index contributed by atoms with van der Waals surface area (Å²) in [6.07, 6.45) is 0. The van der Waals surface area contributed by atoms with Crippen molar-refractivity contribution >= 4 is 28.8 Å². The zero-order chi connectivity index (χ0) is 22.0. The van der Waals surface area contributed by atoms with Crippen LogP contribution in [0.25, 0.3) is 0 Å². The number of benzene rings is 2. The quantitative estimate of drug-likeness (QED) is 0.625. The Kier molecular flexibility index (Phi) is 6.13. The van der Waals surface area contributed by atoms with E-state index in [-0.39, 0.29) is 17.8 Å². The molecule has 160 valence electrons. The van der Waals surface area contributed by atoms with E-state index in [4.69, 9.17) is 9.47 Å². The van der Waals surface area contributed by atoms with E-state index in [1.165, 1.54) is 11.8 Å². The van der Waals surface area contributed by atoms with Gasteiger partial charge in [0.25, 0.3) is 0 Å². The maximum absolute atomic E-state index is 13.2. The van der Waals surface area contributed by atoms with Gasteiger partial charge in [-0.2, -0.15) is 0 Å². The van der Waals surface area contributed by atoms with E-state index in [2.05, 4.69) is 4.99 Å². The van der Waals surface area contributed by atoms with Crippen LogP contribution in [0.15, 0.2) is 70.9 Å². The molecule has 2 aromatic carbocycles. The van der Waals surface area contributed by atoms with Gasteiger partial charge in [-0.1, -0.05) is 54.2 Å². The second kappa shape index (κ2) is 8.98. The summed E-state index contributed by atoms with van der Waals surface area (Å²) in [7, 11) is 0. The summed E-state index contributed by atoms with van der Waals surface area (Å²) in [4.78, 5) is 32.4. The van der Waals surface area contributed by atoms with Crippen molar-refractivity contribution in [2.45, 2.75) is 38.7 Å². The van der Waals surface area contributed by atoms with Crippen LogP contribution >= 0.6 is 11.8 Å². The van der Waals surface area contributed by atoms with Gasteiger partial charge in [0.15, 0.2) is 5.17 Å². The molecular weight excluding hydrogens is 412 g/mol. The van der Waals surface area contributed by atoms with Crippen LogP contribution in [0.5, 0.6) is 5.75 Å². The van der Waals surface area contributed by atoms with Crippen LogP contribution in [0.1, 0.15) is 37.9 Å². The van der Waals surface area contributed by atoms with Gasteiger partial charge in [-0.3, -0.25) is 9.69 Å². The zero-order valence-corrected chi connectivity index (χ0v) is 18.5. The third-order valence-electron chi connectivity index (χ3n) is 5.20. The monoisotopic (exact) mass is 436 g/mol. The molecule has 0 spiro atoms. The second-order valence-corrected chi connectivity index (χ2v) is 8.64. The predicted octanol–water partition coefficient (Wildman–Crippen LogP) is 4.48.